The number of para-hydroxylation sites is 1. The summed E-state index contributed by atoms with van der Waals surface area (Å²) in [6, 6.07) is 17.0. The van der Waals surface area contributed by atoms with Crippen LogP contribution in [0.4, 0.5) is 5.69 Å². The maximum Gasteiger partial charge on any atom is 0.336 e. The van der Waals surface area contributed by atoms with E-state index in [1.807, 2.05) is 23.0 Å². The number of hydrogen-bond donors (Lipinski definition) is 5. The summed E-state index contributed by atoms with van der Waals surface area (Å²) in [4.78, 5) is 42.6. The molecule has 4 heterocycles. The molecule has 0 unspecified atom stereocenters. The molecule has 6 rings (SSSR count). The molecule has 4 aromatic rings. The van der Waals surface area contributed by atoms with Gasteiger partial charge >= 0.3 is 17.9 Å². The summed E-state index contributed by atoms with van der Waals surface area (Å²) in [6.07, 6.45) is 1.58. The molecule has 2 aromatic carbocycles. The van der Waals surface area contributed by atoms with Gasteiger partial charge in [-0.15, -0.1) is 0 Å². The Morgan fingerprint density at radius 2 is 1.74 bits per heavy atom. The Morgan fingerprint density at radius 1 is 1.04 bits per heavy atom. The highest BCUT2D eigenvalue weighted by Gasteiger charge is 2.40. The maximum absolute atomic E-state index is 10.3. The number of nitrogens with zero attached hydrogens (tertiary/aromatic N) is 4. The van der Waals surface area contributed by atoms with E-state index in [4.69, 9.17) is 40.6 Å². The van der Waals surface area contributed by atoms with E-state index < -0.39 is 36.4 Å². The molecule has 0 aliphatic carbocycles. The minimum absolute atomic E-state index is 0.112. The molecule has 2 aromatic heterocycles. The van der Waals surface area contributed by atoms with Gasteiger partial charge in [0.15, 0.2) is 5.60 Å². The number of rotatable bonds is 10. The Morgan fingerprint density at radius 3 is 2.35 bits per heavy atom. The third kappa shape index (κ3) is 7.36. The topological polar surface area (TPSA) is 211 Å². The lowest BCUT2D eigenvalue weighted by molar-refractivity contribution is -0.170. The van der Waals surface area contributed by atoms with Crippen LogP contribution in [0.25, 0.3) is 27.8 Å². The number of ether oxygens (including phenoxy) is 2. The van der Waals surface area contributed by atoms with Crippen molar-refractivity contribution >= 4 is 45.5 Å². The van der Waals surface area contributed by atoms with Gasteiger partial charge in [0.2, 0.25) is 0 Å². The first-order valence-electron chi connectivity index (χ1n) is 14.8. The van der Waals surface area contributed by atoms with E-state index in [1.54, 1.807) is 0 Å². The zero-order chi connectivity index (χ0) is 33.1. The summed E-state index contributed by atoms with van der Waals surface area (Å²) in [6.45, 7) is 6.27. The van der Waals surface area contributed by atoms with Crippen LogP contribution in [0.1, 0.15) is 32.6 Å². The fraction of sp³-hybridized carbons (Fsp3) is 0.406. The third-order valence-electron chi connectivity index (χ3n) is 8.10. The van der Waals surface area contributed by atoms with Crippen molar-refractivity contribution in [1.82, 2.24) is 14.5 Å². The average molecular weight is 636 g/mol. The van der Waals surface area contributed by atoms with Crippen molar-refractivity contribution in [2.24, 2.45) is 11.1 Å². The van der Waals surface area contributed by atoms with Crippen LogP contribution in [0, 0.1) is 5.41 Å². The van der Waals surface area contributed by atoms with Crippen molar-refractivity contribution in [3.05, 3.63) is 54.9 Å². The Kier molecular flexibility index (Phi) is 9.42. The normalized spacial score (nSPS) is 16.4. The smallest absolute Gasteiger partial charge is 0.336 e. The van der Waals surface area contributed by atoms with Crippen molar-refractivity contribution in [2.45, 2.75) is 44.2 Å². The number of fused-ring (bicyclic) bond motifs is 2. The molecule has 0 saturated carbocycles. The van der Waals surface area contributed by atoms with Gasteiger partial charge in [-0.2, -0.15) is 0 Å². The van der Waals surface area contributed by atoms with Crippen LogP contribution >= 0.6 is 0 Å². The molecule has 2 aliphatic heterocycles. The predicted octanol–water partition coefficient (Wildman–Crippen LogP) is 2.67. The lowest BCUT2D eigenvalue weighted by atomic mass is 9.90. The highest BCUT2D eigenvalue weighted by Crippen LogP contribution is 2.31. The number of pyridine rings is 1. The summed E-state index contributed by atoms with van der Waals surface area (Å²) >= 11 is 0. The second kappa shape index (κ2) is 13.3. The number of carbonyl (C=O) groups is 3. The van der Waals surface area contributed by atoms with E-state index in [2.05, 4.69) is 53.2 Å². The summed E-state index contributed by atoms with van der Waals surface area (Å²) in [7, 11) is 0. The van der Waals surface area contributed by atoms with E-state index in [0.717, 1.165) is 72.6 Å². The molecule has 2 fully saturated rings. The molecule has 14 heteroatoms. The van der Waals surface area contributed by atoms with Gasteiger partial charge < -0.3 is 40.5 Å². The standard InChI is InChI=1S/C26H29N5O2.C6H8O7/c1-26(14-32-15-26)16-33-20-6-7-22-21(13-20)28-17-31(22)24-8-5-18-3-2-4-23(25(18)29-24)30-11-9-19(27)10-12-30;7-3(8)1-6(13,5(11)12)2-4(9)10/h2-8,13,17,19H,9-12,14-16,27H2,1H3;13H,1-2H2,(H,7,8)(H,9,10)(H,11,12). The zero-order valence-electron chi connectivity index (χ0n) is 25.3. The van der Waals surface area contributed by atoms with Gasteiger partial charge in [-0.3, -0.25) is 14.2 Å². The fourth-order valence-electron chi connectivity index (χ4n) is 5.42. The fourth-order valence-corrected chi connectivity index (χ4v) is 5.42. The van der Waals surface area contributed by atoms with Gasteiger partial charge in [-0.1, -0.05) is 19.1 Å². The van der Waals surface area contributed by atoms with Crippen molar-refractivity contribution in [3.8, 4) is 11.6 Å². The van der Waals surface area contributed by atoms with Crippen LogP contribution in [-0.2, 0) is 19.1 Å². The monoisotopic (exact) mass is 635 g/mol. The molecule has 6 N–H and O–H groups in total. The van der Waals surface area contributed by atoms with Crippen molar-refractivity contribution in [1.29, 1.82) is 0 Å². The number of aliphatic hydroxyl groups is 1. The highest BCUT2D eigenvalue weighted by atomic mass is 16.5. The first-order chi connectivity index (χ1) is 21.9. The minimum Gasteiger partial charge on any atom is -0.493 e. The SMILES string of the molecule is CC1(COc2ccc3c(c2)ncn3-c2ccc3cccc(N4CCC(N)CC4)c3n2)COC1.O=C(O)CC(O)(CC(=O)O)C(=O)O. The van der Waals surface area contributed by atoms with E-state index in [9.17, 15) is 14.4 Å². The maximum atomic E-state index is 10.3. The summed E-state index contributed by atoms with van der Waals surface area (Å²) < 4.78 is 13.4. The Balaban J connectivity index is 0.000000274. The van der Waals surface area contributed by atoms with Gasteiger partial charge in [0, 0.05) is 36.0 Å². The van der Waals surface area contributed by atoms with Crippen LogP contribution in [0.2, 0.25) is 0 Å². The first kappa shape index (κ1) is 32.6. The molecule has 2 saturated heterocycles. The van der Waals surface area contributed by atoms with E-state index in [1.165, 1.54) is 5.69 Å². The number of aliphatic carboxylic acids is 3. The van der Waals surface area contributed by atoms with Gasteiger partial charge in [-0.25, -0.2) is 14.8 Å². The second-order valence-electron chi connectivity index (χ2n) is 12.2. The lowest BCUT2D eigenvalue weighted by Gasteiger charge is -2.37. The number of aromatic nitrogens is 3. The average Bonchev–Trinajstić information content (AvgIpc) is 3.42. The van der Waals surface area contributed by atoms with Crippen molar-refractivity contribution in [3.63, 3.8) is 0 Å². The minimum atomic E-state index is -2.74. The van der Waals surface area contributed by atoms with Crippen LogP contribution in [0.3, 0.4) is 0 Å². The number of anilines is 1. The molecule has 244 valence electrons. The van der Waals surface area contributed by atoms with Crippen LogP contribution in [0.5, 0.6) is 5.75 Å². The largest absolute Gasteiger partial charge is 0.493 e. The number of carboxylic acid groups (broad SMARTS) is 3. The Hall–Kier alpha value is -4.79. The molecule has 0 amide bonds. The highest BCUT2D eigenvalue weighted by molar-refractivity contribution is 5.92. The van der Waals surface area contributed by atoms with E-state index in [-0.39, 0.29) is 5.41 Å². The van der Waals surface area contributed by atoms with Crippen molar-refractivity contribution in [2.75, 3.05) is 37.8 Å². The Labute approximate surface area is 264 Å². The molecular weight excluding hydrogens is 598 g/mol. The summed E-state index contributed by atoms with van der Waals surface area (Å²) in [5.74, 6) is -3.33. The third-order valence-corrected chi connectivity index (χ3v) is 8.10. The molecule has 0 radical (unpaired) electrons. The molecule has 0 atom stereocenters. The molecular formula is C32H37N5O9. The van der Waals surface area contributed by atoms with Crippen LogP contribution < -0.4 is 15.4 Å². The first-order valence-corrected chi connectivity index (χ1v) is 14.8. The number of hydrogen-bond acceptors (Lipinski definition) is 10. The van der Waals surface area contributed by atoms with Gasteiger partial charge in [-0.05, 0) is 43.2 Å². The predicted molar refractivity (Wildman–Crippen MR) is 167 cm³/mol. The second-order valence-corrected chi connectivity index (χ2v) is 12.2. The van der Waals surface area contributed by atoms with E-state index >= 15 is 0 Å². The number of imidazole rings is 1. The lowest BCUT2D eigenvalue weighted by Crippen LogP contribution is -2.44. The van der Waals surface area contributed by atoms with Gasteiger partial charge in [0.1, 0.15) is 17.9 Å². The molecule has 46 heavy (non-hydrogen) atoms. The summed E-state index contributed by atoms with van der Waals surface area (Å²) in [5.41, 5.74) is 7.59. The van der Waals surface area contributed by atoms with E-state index in [0.29, 0.717) is 12.6 Å². The Bertz CT molecular complexity index is 1730. The van der Waals surface area contributed by atoms with Crippen LogP contribution in [-0.4, -0.2) is 97.4 Å². The number of piperidine rings is 1. The van der Waals surface area contributed by atoms with Crippen molar-refractivity contribution < 1.29 is 44.3 Å². The quantitative estimate of drug-likeness (QED) is 0.170. The number of carboxylic acids is 3. The zero-order valence-corrected chi connectivity index (χ0v) is 25.3. The number of nitrogens with two attached hydrogens (primary N) is 1. The van der Waals surface area contributed by atoms with Gasteiger partial charge in [0.05, 0.1) is 54.9 Å². The number of benzene rings is 2. The van der Waals surface area contributed by atoms with Gasteiger partial charge in [0.25, 0.3) is 0 Å². The molecule has 0 spiro atoms. The molecule has 2 aliphatic rings. The summed E-state index contributed by atoms with van der Waals surface area (Å²) in [5, 5.41) is 34.9. The van der Waals surface area contributed by atoms with Crippen LogP contribution in [0.15, 0.2) is 54.9 Å². The molecule has 14 nitrogen and oxygen atoms in total. The molecule has 0 bridgehead atoms.